The van der Waals surface area contributed by atoms with Gasteiger partial charge in [0, 0.05) is 18.8 Å². The van der Waals surface area contributed by atoms with Gasteiger partial charge in [0.2, 0.25) is 5.91 Å². The third-order valence-electron chi connectivity index (χ3n) is 3.33. The maximum absolute atomic E-state index is 12.9. The second-order valence-corrected chi connectivity index (χ2v) is 5.20. The molecule has 1 aromatic rings. The van der Waals surface area contributed by atoms with E-state index in [2.05, 4.69) is 5.32 Å². The van der Waals surface area contributed by atoms with Crippen LogP contribution in [0.3, 0.4) is 0 Å². The SMILES string of the molecule is CN(CC(=O)NC1CC1)c1ccc(CO)c(C(F)(F)F)c1. The van der Waals surface area contributed by atoms with Gasteiger partial charge in [0.1, 0.15) is 0 Å². The highest BCUT2D eigenvalue weighted by Gasteiger charge is 2.33. The molecule has 0 unspecified atom stereocenters. The maximum atomic E-state index is 12.9. The first kappa shape index (κ1) is 15.6. The van der Waals surface area contributed by atoms with Crippen LogP contribution in [-0.4, -0.2) is 30.6 Å². The molecular weight excluding hydrogens is 285 g/mol. The molecule has 0 spiro atoms. The molecule has 4 nitrogen and oxygen atoms in total. The second-order valence-electron chi connectivity index (χ2n) is 5.20. The summed E-state index contributed by atoms with van der Waals surface area (Å²) in [6.45, 7) is -0.687. The predicted octanol–water partition coefficient (Wildman–Crippen LogP) is 1.91. The number of halogens is 3. The van der Waals surface area contributed by atoms with E-state index in [1.165, 1.54) is 17.0 Å². The first-order chi connectivity index (χ1) is 9.81. The molecule has 7 heteroatoms. The number of aliphatic hydroxyl groups excluding tert-OH is 1. The van der Waals surface area contributed by atoms with E-state index in [9.17, 15) is 18.0 Å². The van der Waals surface area contributed by atoms with Crippen LogP contribution in [0.5, 0.6) is 0 Å². The van der Waals surface area contributed by atoms with E-state index >= 15 is 0 Å². The van der Waals surface area contributed by atoms with E-state index in [1.807, 2.05) is 0 Å². The van der Waals surface area contributed by atoms with Crippen molar-refractivity contribution in [3.05, 3.63) is 29.3 Å². The minimum Gasteiger partial charge on any atom is -0.392 e. The molecule has 1 aromatic carbocycles. The fourth-order valence-corrected chi connectivity index (χ4v) is 2.01. The van der Waals surface area contributed by atoms with Crippen LogP contribution >= 0.6 is 0 Å². The molecule has 0 saturated heterocycles. The smallest absolute Gasteiger partial charge is 0.392 e. The van der Waals surface area contributed by atoms with Gasteiger partial charge in [-0.15, -0.1) is 0 Å². The summed E-state index contributed by atoms with van der Waals surface area (Å²) in [4.78, 5) is 13.1. The number of alkyl halides is 3. The van der Waals surface area contributed by atoms with Gasteiger partial charge in [0.25, 0.3) is 0 Å². The lowest BCUT2D eigenvalue weighted by molar-refractivity contribution is -0.138. The summed E-state index contributed by atoms with van der Waals surface area (Å²) >= 11 is 0. The molecule has 1 fully saturated rings. The molecular formula is C14H17F3N2O2. The Bertz CT molecular complexity index is 527. The Morgan fingerprint density at radius 2 is 2.10 bits per heavy atom. The van der Waals surface area contributed by atoms with E-state index in [1.54, 1.807) is 7.05 Å². The Labute approximate surface area is 120 Å². The molecule has 0 heterocycles. The van der Waals surface area contributed by atoms with Crippen molar-refractivity contribution in [3.63, 3.8) is 0 Å². The molecule has 2 N–H and O–H groups in total. The zero-order valence-electron chi connectivity index (χ0n) is 11.6. The summed E-state index contributed by atoms with van der Waals surface area (Å²) in [5, 5.41) is 11.8. The first-order valence-corrected chi connectivity index (χ1v) is 6.62. The van der Waals surface area contributed by atoms with Crippen LogP contribution < -0.4 is 10.2 Å². The minimum absolute atomic E-state index is 0.00767. The number of anilines is 1. The average molecular weight is 302 g/mol. The van der Waals surface area contributed by atoms with Crippen molar-refractivity contribution in [3.8, 4) is 0 Å². The summed E-state index contributed by atoms with van der Waals surface area (Å²) in [6.07, 6.45) is -2.62. The van der Waals surface area contributed by atoms with Gasteiger partial charge in [-0.25, -0.2) is 0 Å². The molecule has 0 aliphatic heterocycles. The standard InChI is InChI=1S/C14H17F3N2O2/c1-19(7-13(21)18-10-3-4-10)11-5-2-9(8-20)12(6-11)14(15,16)17/h2,5-6,10,20H,3-4,7-8H2,1H3,(H,18,21). The predicted molar refractivity (Wildman–Crippen MR) is 71.8 cm³/mol. The number of carbonyl (C=O) groups excluding carboxylic acids is 1. The van der Waals surface area contributed by atoms with Crippen LogP contribution in [0.4, 0.5) is 18.9 Å². The zero-order chi connectivity index (χ0) is 15.6. The Kier molecular flexibility index (Phi) is 4.41. The van der Waals surface area contributed by atoms with Gasteiger partial charge in [-0.2, -0.15) is 13.2 Å². The normalized spacial score (nSPS) is 14.9. The molecule has 21 heavy (non-hydrogen) atoms. The third kappa shape index (κ3) is 4.10. The number of amides is 1. The molecule has 1 aliphatic rings. The highest BCUT2D eigenvalue weighted by molar-refractivity contribution is 5.81. The van der Waals surface area contributed by atoms with Gasteiger partial charge < -0.3 is 15.3 Å². The van der Waals surface area contributed by atoms with Gasteiger partial charge in [-0.05, 0) is 30.5 Å². The number of likely N-dealkylation sites (N-methyl/N-ethyl adjacent to an activating group) is 1. The Morgan fingerprint density at radius 1 is 1.43 bits per heavy atom. The summed E-state index contributed by atoms with van der Waals surface area (Å²) in [6, 6.07) is 3.86. The summed E-state index contributed by atoms with van der Waals surface area (Å²) in [7, 11) is 1.56. The first-order valence-electron chi connectivity index (χ1n) is 6.62. The van der Waals surface area contributed by atoms with E-state index in [0.29, 0.717) is 0 Å². The largest absolute Gasteiger partial charge is 0.416 e. The number of benzene rings is 1. The Balaban J connectivity index is 2.13. The van der Waals surface area contributed by atoms with E-state index in [4.69, 9.17) is 5.11 Å². The molecule has 1 saturated carbocycles. The molecule has 116 valence electrons. The van der Waals surface area contributed by atoms with Gasteiger partial charge in [-0.3, -0.25) is 4.79 Å². The number of rotatable bonds is 5. The van der Waals surface area contributed by atoms with Crippen LogP contribution in [0.15, 0.2) is 18.2 Å². The minimum atomic E-state index is -4.54. The maximum Gasteiger partial charge on any atom is 0.416 e. The molecule has 0 bridgehead atoms. The van der Waals surface area contributed by atoms with Crippen LogP contribution in [0.25, 0.3) is 0 Å². The lowest BCUT2D eigenvalue weighted by Gasteiger charge is -2.21. The van der Waals surface area contributed by atoms with Crippen molar-refractivity contribution in [1.82, 2.24) is 5.32 Å². The summed E-state index contributed by atoms with van der Waals surface area (Å²) < 4.78 is 38.7. The van der Waals surface area contributed by atoms with Crippen molar-refractivity contribution in [2.24, 2.45) is 0 Å². The topological polar surface area (TPSA) is 52.6 Å². The monoisotopic (exact) mass is 302 g/mol. The number of nitrogens with one attached hydrogen (secondary N) is 1. The Morgan fingerprint density at radius 3 is 2.62 bits per heavy atom. The number of hydrogen-bond donors (Lipinski definition) is 2. The number of carbonyl (C=O) groups is 1. The fraction of sp³-hybridized carbons (Fsp3) is 0.500. The zero-order valence-corrected chi connectivity index (χ0v) is 11.6. The number of aliphatic hydroxyl groups is 1. The molecule has 1 amide bonds. The van der Waals surface area contributed by atoms with Crippen LogP contribution in [0, 0.1) is 0 Å². The molecule has 2 rings (SSSR count). The van der Waals surface area contributed by atoms with Gasteiger partial charge in [-0.1, -0.05) is 6.07 Å². The third-order valence-corrected chi connectivity index (χ3v) is 3.33. The van der Waals surface area contributed by atoms with Gasteiger partial charge in [0.15, 0.2) is 0 Å². The van der Waals surface area contributed by atoms with Crippen LogP contribution in [-0.2, 0) is 17.6 Å². The van der Waals surface area contributed by atoms with Crippen molar-refractivity contribution in [2.75, 3.05) is 18.5 Å². The molecule has 0 aromatic heterocycles. The highest BCUT2D eigenvalue weighted by Crippen LogP contribution is 2.34. The average Bonchev–Trinajstić information content (AvgIpc) is 3.20. The highest BCUT2D eigenvalue weighted by atomic mass is 19.4. The lowest BCUT2D eigenvalue weighted by Crippen LogP contribution is -2.36. The second kappa shape index (κ2) is 5.93. The lowest BCUT2D eigenvalue weighted by atomic mass is 10.1. The molecule has 0 radical (unpaired) electrons. The summed E-state index contributed by atoms with van der Waals surface area (Å²) in [5.74, 6) is -0.209. The van der Waals surface area contributed by atoms with E-state index in [0.717, 1.165) is 18.9 Å². The quantitative estimate of drug-likeness (QED) is 0.873. The number of nitrogens with zero attached hydrogens (tertiary/aromatic N) is 1. The Hall–Kier alpha value is -1.76. The van der Waals surface area contributed by atoms with Crippen molar-refractivity contribution < 1.29 is 23.1 Å². The number of hydrogen-bond acceptors (Lipinski definition) is 3. The van der Waals surface area contributed by atoms with E-state index < -0.39 is 18.3 Å². The summed E-state index contributed by atoms with van der Waals surface area (Å²) in [5.41, 5.74) is -0.774. The van der Waals surface area contributed by atoms with Gasteiger partial charge >= 0.3 is 6.18 Å². The van der Waals surface area contributed by atoms with Gasteiger partial charge in [0.05, 0.1) is 18.7 Å². The fourth-order valence-electron chi connectivity index (χ4n) is 2.01. The molecule has 1 aliphatic carbocycles. The van der Waals surface area contributed by atoms with Crippen molar-refractivity contribution in [2.45, 2.75) is 31.7 Å². The van der Waals surface area contributed by atoms with Crippen LogP contribution in [0.1, 0.15) is 24.0 Å². The van der Waals surface area contributed by atoms with Crippen LogP contribution in [0.2, 0.25) is 0 Å². The van der Waals surface area contributed by atoms with E-state index in [-0.39, 0.29) is 29.7 Å². The van der Waals surface area contributed by atoms with Crippen molar-refractivity contribution in [1.29, 1.82) is 0 Å². The van der Waals surface area contributed by atoms with Crippen molar-refractivity contribution >= 4 is 11.6 Å². The molecule has 0 atom stereocenters.